The van der Waals surface area contributed by atoms with E-state index in [9.17, 15) is 75.7 Å². The van der Waals surface area contributed by atoms with E-state index in [2.05, 4.69) is 0 Å². The van der Waals surface area contributed by atoms with Crippen molar-refractivity contribution in [1.82, 2.24) is 0 Å². The monoisotopic (exact) mass is 1110 g/mol. The van der Waals surface area contributed by atoms with Gasteiger partial charge in [-0.25, -0.2) is 0 Å². The topological polar surface area (TPSA) is 383 Å². The maximum Gasteiger partial charge on any atom is 0.311 e. The fourth-order valence-electron chi connectivity index (χ4n) is 10.0. The molecule has 2 bridgehead atoms. The number of carbonyl (C=O) groups excluding carboxylic acids is 2. The number of aliphatic hydroxyl groups is 11. The number of allylic oxidation sites excluding steroid dienone is 12. The number of fused-ring (bicyclic) bond motifs is 2. The van der Waals surface area contributed by atoms with Gasteiger partial charge < -0.3 is 91.7 Å². The van der Waals surface area contributed by atoms with Gasteiger partial charge in [-0.15, -0.1) is 0 Å². The molecule has 3 aliphatic heterocycles. The molecule has 0 radical (unpaired) electrons. The second-order valence-corrected chi connectivity index (χ2v) is 21.4. The molecule has 16 N–H and O–H groups in total. The van der Waals surface area contributed by atoms with Gasteiger partial charge in [-0.3, -0.25) is 14.4 Å². The average molecular weight is 1120 g/mol. The van der Waals surface area contributed by atoms with Crippen molar-refractivity contribution in [3.8, 4) is 0 Å². The first-order valence-corrected chi connectivity index (χ1v) is 27.1. The van der Waals surface area contributed by atoms with Gasteiger partial charge in [-0.1, -0.05) is 98.9 Å². The van der Waals surface area contributed by atoms with Crippen LogP contribution in [-0.2, 0) is 28.5 Å². The summed E-state index contributed by atoms with van der Waals surface area (Å²) >= 11 is 0. The Morgan fingerprint density at radius 2 is 1.20 bits per heavy atom. The van der Waals surface area contributed by atoms with E-state index in [1.807, 2.05) is 19.9 Å². The number of carboxylic acids is 1. The van der Waals surface area contributed by atoms with Crippen molar-refractivity contribution >= 4 is 23.4 Å². The molecule has 0 aromatic heterocycles. The molecule has 442 valence electrons. The van der Waals surface area contributed by atoms with Gasteiger partial charge in [-0.05, 0) is 82.1 Å². The largest absolute Gasteiger partial charge is 0.481 e. The second kappa shape index (κ2) is 33.2. The molecule has 20 atom stereocenters. The minimum absolute atomic E-state index is 0.120. The lowest BCUT2D eigenvalue weighted by atomic mass is 9.82. The summed E-state index contributed by atoms with van der Waals surface area (Å²) in [6.07, 6.45) is 1.42. The molecule has 2 saturated heterocycles. The van der Waals surface area contributed by atoms with E-state index >= 15 is 0 Å². The zero-order valence-corrected chi connectivity index (χ0v) is 45.2. The van der Waals surface area contributed by atoms with Gasteiger partial charge in [0.1, 0.15) is 18.1 Å². The van der Waals surface area contributed by atoms with Gasteiger partial charge in [0.25, 0.3) is 0 Å². The Balaban J connectivity index is 1.54. The molecule has 15 unspecified atom stereocenters. The highest BCUT2D eigenvalue weighted by Gasteiger charge is 2.51. The maximum absolute atomic E-state index is 13.3. The third kappa shape index (κ3) is 23.3. The molecular formula is C58H86N2O19. The van der Waals surface area contributed by atoms with E-state index in [0.717, 1.165) is 0 Å². The number of aliphatic hydroxyl groups excluding tert-OH is 10. The Labute approximate surface area is 462 Å². The van der Waals surface area contributed by atoms with Crippen LogP contribution in [-0.4, -0.2) is 183 Å². The molecule has 0 spiro atoms. The quantitative estimate of drug-likeness (QED) is 0.0906. The molecule has 21 heteroatoms. The van der Waals surface area contributed by atoms with Crippen LogP contribution in [0.15, 0.2) is 109 Å². The molecule has 21 nitrogen and oxygen atoms in total. The zero-order valence-electron chi connectivity index (χ0n) is 45.2. The van der Waals surface area contributed by atoms with Gasteiger partial charge in [-0.2, -0.15) is 0 Å². The number of cyclic esters (lactones) is 1. The Morgan fingerprint density at radius 1 is 0.696 bits per heavy atom. The normalized spacial score (nSPS) is 39.3. The zero-order chi connectivity index (χ0) is 58.4. The molecule has 1 aromatic carbocycles. The summed E-state index contributed by atoms with van der Waals surface area (Å²) in [4.78, 5) is 38.7. The fraction of sp³-hybridized carbons (Fsp3) is 0.603. The SMILES string of the molecule is CC1/C=C/C=C/C=C/C=C/C=C/C=C/C=C/C(O[C@@H]2O[C@H](C)[C@@H](O)[C@H](N)[C@H]2O)CC2OC(O)(CC(O)CC(O)CC(O)CC(O)CC(O)CC(O)CC(=O)OC1C(C)CCC(O)CC(=O)c1ccc(N)cc1)CC(O)C2C(=O)O. The highest BCUT2D eigenvalue weighted by atomic mass is 16.7. The predicted octanol–water partition coefficient (Wildman–Crippen LogP) is 2.08. The van der Waals surface area contributed by atoms with Crippen molar-refractivity contribution in [2.45, 2.75) is 201 Å². The Hall–Kier alpha value is -4.79. The minimum Gasteiger partial charge on any atom is -0.481 e. The highest BCUT2D eigenvalue weighted by Crippen LogP contribution is 2.38. The smallest absolute Gasteiger partial charge is 0.311 e. The number of ketones is 1. The van der Waals surface area contributed by atoms with Crippen molar-refractivity contribution in [1.29, 1.82) is 0 Å². The first-order chi connectivity index (χ1) is 37.3. The Bertz CT molecular complexity index is 2240. The second-order valence-electron chi connectivity index (χ2n) is 21.4. The van der Waals surface area contributed by atoms with Crippen molar-refractivity contribution in [2.24, 2.45) is 23.5 Å². The van der Waals surface area contributed by atoms with Gasteiger partial charge in [0.2, 0.25) is 0 Å². The summed E-state index contributed by atoms with van der Waals surface area (Å²) in [6.45, 7) is 5.23. The number of hydrogen-bond donors (Lipinski definition) is 14. The lowest BCUT2D eigenvalue weighted by molar-refractivity contribution is -0.308. The third-order valence-electron chi connectivity index (χ3n) is 14.3. The highest BCUT2D eigenvalue weighted by molar-refractivity contribution is 5.96. The number of nitrogen functional groups attached to an aromatic ring is 1. The standard InChI is InChI=1S/C58H86N2O19/c1-34-16-14-12-10-8-6-4-5-7-9-11-13-15-17-46(77-57-54(72)52(60)53(71)36(3)76-57)31-49-51(56(73)74)48(69)33-58(75,79-49)32-45(67)28-43(65)26-41(63)24-40(62)25-42(64)27-44(66)30-50(70)78-55(34)35(2)18-23-39(61)29-47(68)37-19-21-38(59)22-20-37/h4-17,19-22,34-36,39-46,48-49,51-55,57,61-67,69,71-72,75H,18,23-33,59-60H2,1-3H3,(H,73,74)/b5-4+,8-6+,9-7+,12-10+,13-11+,16-14+,17-15+/t34?,35?,36-,39?,40?,41?,42?,43?,44?,45?,46?,48?,49?,51?,52+,53-,54-,55?,57+,58?/m1/s1. The number of aliphatic carboxylic acids is 1. The maximum atomic E-state index is 13.3. The summed E-state index contributed by atoms with van der Waals surface area (Å²) in [6, 6.07) is 5.24. The van der Waals surface area contributed by atoms with Crippen molar-refractivity contribution < 1.29 is 94.6 Å². The van der Waals surface area contributed by atoms with Crippen molar-refractivity contribution in [3.63, 3.8) is 0 Å². The van der Waals surface area contributed by atoms with Crippen LogP contribution in [0.5, 0.6) is 0 Å². The number of anilines is 1. The van der Waals surface area contributed by atoms with E-state index in [4.69, 9.17) is 30.4 Å². The lowest BCUT2D eigenvalue weighted by Gasteiger charge is -2.45. The molecule has 0 amide bonds. The predicted molar refractivity (Wildman–Crippen MR) is 291 cm³/mol. The van der Waals surface area contributed by atoms with Crippen LogP contribution in [0.1, 0.15) is 108 Å². The fourth-order valence-corrected chi connectivity index (χ4v) is 10.0. The van der Waals surface area contributed by atoms with Crippen LogP contribution in [0.2, 0.25) is 0 Å². The van der Waals surface area contributed by atoms with E-state index in [1.165, 1.54) is 13.0 Å². The number of esters is 1. The summed E-state index contributed by atoms with van der Waals surface area (Å²) < 4.78 is 23.7. The summed E-state index contributed by atoms with van der Waals surface area (Å²) in [5, 5.41) is 130. The molecule has 3 heterocycles. The van der Waals surface area contributed by atoms with Crippen molar-refractivity contribution in [3.05, 3.63) is 115 Å². The van der Waals surface area contributed by atoms with Gasteiger partial charge >= 0.3 is 11.9 Å². The lowest BCUT2D eigenvalue weighted by Crippen LogP contribution is -2.61. The Kier molecular flexibility index (Phi) is 28.0. The third-order valence-corrected chi connectivity index (χ3v) is 14.3. The van der Waals surface area contributed by atoms with Crippen LogP contribution in [0, 0.1) is 17.8 Å². The van der Waals surface area contributed by atoms with E-state index in [-0.39, 0.29) is 62.6 Å². The van der Waals surface area contributed by atoms with E-state index in [1.54, 1.807) is 97.2 Å². The minimum atomic E-state index is -2.33. The summed E-state index contributed by atoms with van der Waals surface area (Å²) in [5.41, 5.74) is 12.7. The number of carboxylic acid groups (broad SMARTS) is 1. The summed E-state index contributed by atoms with van der Waals surface area (Å²) in [7, 11) is 0. The van der Waals surface area contributed by atoms with Crippen molar-refractivity contribution in [2.75, 3.05) is 5.73 Å². The molecule has 0 aliphatic carbocycles. The number of rotatable bonds is 10. The van der Waals surface area contributed by atoms with Crippen LogP contribution in [0.3, 0.4) is 0 Å². The Morgan fingerprint density at radius 3 is 1.75 bits per heavy atom. The van der Waals surface area contributed by atoms with Crippen LogP contribution >= 0.6 is 0 Å². The first kappa shape index (κ1) is 66.7. The number of ether oxygens (including phenoxy) is 4. The van der Waals surface area contributed by atoms with Gasteiger partial charge in [0, 0.05) is 42.9 Å². The number of nitrogens with two attached hydrogens (primary N) is 2. The molecule has 1 aromatic rings. The molecule has 2 fully saturated rings. The molecule has 3 aliphatic rings. The van der Waals surface area contributed by atoms with E-state index in [0.29, 0.717) is 17.7 Å². The molecule has 4 rings (SSSR count). The van der Waals surface area contributed by atoms with Gasteiger partial charge in [0.15, 0.2) is 17.9 Å². The van der Waals surface area contributed by atoms with Gasteiger partial charge in [0.05, 0.1) is 85.7 Å². The van der Waals surface area contributed by atoms with Crippen LogP contribution in [0.4, 0.5) is 5.69 Å². The number of Topliss-reactive ketones (excluding diaryl/α,β-unsaturated/α-hetero) is 1. The molecule has 79 heavy (non-hydrogen) atoms. The molecule has 0 saturated carbocycles. The average Bonchev–Trinajstić information content (AvgIpc) is 3.35. The number of benzene rings is 1. The van der Waals surface area contributed by atoms with Crippen LogP contribution in [0.25, 0.3) is 0 Å². The first-order valence-electron chi connectivity index (χ1n) is 27.1. The number of carbonyl (C=O) groups is 3. The van der Waals surface area contributed by atoms with Crippen LogP contribution < -0.4 is 11.5 Å². The number of hydrogen-bond acceptors (Lipinski definition) is 20. The van der Waals surface area contributed by atoms with E-state index < -0.39 is 147 Å². The summed E-state index contributed by atoms with van der Waals surface area (Å²) in [5.74, 6) is -7.07. The molecular weight excluding hydrogens is 1030 g/mol.